The maximum absolute atomic E-state index is 11.5. The number of nitrogens with zero attached hydrogens (tertiary/aromatic N) is 1. The number of rotatable bonds is 8. The van der Waals surface area contributed by atoms with Crippen LogP contribution in [0.3, 0.4) is 0 Å². The maximum atomic E-state index is 11.5. The fraction of sp³-hybridized carbons (Fsp3) is 0.500. The Morgan fingerprint density at radius 1 is 1.38 bits per heavy atom. The second-order valence-corrected chi connectivity index (χ2v) is 5.43. The van der Waals surface area contributed by atoms with Crippen molar-refractivity contribution in [1.82, 2.24) is 4.90 Å². The highest BCUT2D eigenvalue weighted by molar-refractivity contribution is 5.94. The van der Waals surface area contributed by atoms with Gasteiger partial charge in [-0.1, -0.05) is 0 Å². The normalized spacial score (nSPS) is 14.2. The average molecular weight is 291 g/mol. The van der Waals surface area contributed by atoms with Crippen LogP contribution in [0.15, 0.2) is 18.2 Å². The van der Waals surface area contributed by atoms with Crippen molar-refractivity contribution in [3.63, 3.8) is 0 Å². The number of carbonyl (C=O) groups excluding carboxylic acids is 1. The number of carbonyl (C=O) groups is 2. The highest BCUT2D eigenvalue weighted by Gasteiger charge is 2.29. The van der Waals surface area contributed by atoms with Crippen LogP contribution in [-0.4, -0.2) is 41.5 Å². The Morgan fingerprint density at radius 2 is 2.10 bits per heavy atom. The van der Waals surface area contributed by atoms with Crippen LogP contribution >= 0.6 is 0 Å². The fourth-order valence-electron chi connectivity index (χ4n) is 2.41. The molecule has 0 bridgehead atoms. The third-order valence-corrected chi connectivity index (χ3v) is 3.74. The quantitative estimate of drug-likeness (QED) is 0.745. The summed E-state index contributed by atoms with van der Waals surface area (Å²) in [6.45, 7) is 2.67. The van der Waals surface area contributed by atoms with E-state index < -0.39 is 5.97 Å². The van der Waals surface area contributed by atoms with Crippen molar-refractivity contribution in [2.45, 2.75) is 38.8 Å². The first-order valence-electron chi connectivity index (χ1n) is 7.15. The third kappa shape index (κ3) is 4.29. The molecule has 1 N–H and O–H groups in total. The highest BCUT2D eigenvalue weighted by Crippen LogP contribution is 2.31. The van der Waals surface area contributed by atoms with E-state index in [1.165, 1.54) is 6.92 Å². The molecule has 1 saturated carbocycles. The van der Waals surface area contributed by atoms with Crippen molar-refractivity contribution in [1.29, 1.82) is 0 Å². The number of ether oxygens (including phenoxy) is 1. The molecule has 21 heavy (non-hydrogen) atoms. The van der Waals surface area contributed by atoms with Gasteiger partial charge in [0.15, 0.2) is 5.78 Å². The van der Waals surface area contributed by atoms with Crippen molar-refractivity contribution >= 4 is 11.8 Å². The van der Waals surface area contributed by atoms with Crippen molar-refractivity contribution < 1.29 is 19.4 Å². The van der Waals surface area contributed by atoms with E-state index in [2.05, 4.69) is 4.90 Å². The summed E-state index contributed by atoms with van der Waals surface area (Å²) in [5, 5.41) is 8.85. The van der Waals surface area contributed by atoms with Gasteiger partial charge in [0.05, 0.1) is 13.5 Å². The first-order valence-corrected chi connectivity index (χ1v) is 7.15. The smallest absolute Gasteiger partial charge is 0.304 e. The summed E-state index contributed by atoms with van der Waals surface area (Å²) in [5.41, 5.74) is 1.59. The molecule has 1 aliphatic rings. The predicted octanol–water partition coefficient (Wildman–Crippen LogP) is 2.34. The van der Waals surface area contributed by atoms with Gasteiger partial charge in [0.25, 0.3) is 0 Å². The lowest BCUT2D eigenvalue weighted by molar-refractivity contribution is -0.137. The highest BCUT2D eigenvalue weighted by atomic mass is 16.5. The lowest BCUT2D eigenvalue weighted by atomic mass is 10.1. The number of benzene rings is 1. The second kappa shape index (κ2) is 6.72. The molecule has 0 unspecified atom stereocenters. The molecule has 0 atom stereocenters. The van der Waals surface area contributed by atoms with E-state index in [1.807, 2.05) is 6.07 Å². The van der Waals surface area contributed by atoms with Crippen LogP contribution in [0.25, 0.3) is 0 Å². The first-order chi connectivity index (χ1) is 10.0. The number of carboxylic acids is 1. The molecule has 1 aromatic carbocycles. The van der Waals surface area contributed by atoms with Crippen molar-refractivity contribution in [3.05, 3.63) is 29.3 Å². The topological polar surface area (TPSA) is 66.8 Å². The molecule has 0 heterocycles. The largest absolute Gasteiger partial charge is 0.496 e. The molecule has 1 aliphatic carbocycles. The molecule has 0 spiro atoms. The van der Waals surface area contributed by atoms with E-state index in [0.717, 1.165) is 24.2 Å². The summed E-state index contributed by atoms with van der Waals surface area (Å²) in [7, 11) is 1.60. The zero-order valence-electron chi connectivity index (χ0n) is 12.5. The van der Waals surface area contributed by atoms with Crippen LogP contribution in [-0.2, 0) is 11.3 Å². The van der Waals surface area contributed by atoms with Gasteiger partial charge in [-0.25, -0.2) is 0 Å². The van der Waals surface area contributed by atoms with Gasteiger partial charge in [-0.05, 0) is 38.0 Å². The van der Waals surface area contributed by atoms with Gasteiger partial charge in [-0.3, -0.25) is 14.5 Å². The summed E-state index contributed by atoms with van der Waals surface area (Å²) in [6, 6.07) is 5.85. The van der Waals surface area contributed by atoms with Crippen molar-refractivity contribution in [2.75, 3.05) is 13.7 Å². The number of carboxylic acid groups (broad SMARTS) is 1. The summed E-state index contributed by atoms with van der Waals surface area (Å²) in [6.07, 6.45) is 2.34. The van der Waals surface area contributed by atoms with Crippen LogP contribution in [0.1, 0.15) is 42.1 Å². The number of hydrogen-bond donors (Lipinski definition) is 1. The molecule has 1 aromatic rings. The molecule has 114 valence electrons. The summed E-state index contributed by atoms with van der Waals surface area (Å²) in [4.78, 5) is 24.4. The zero-order valence-corrected chi connectivity index (χ0v) is 12.5. The first kappa shape index (κ1) is 15.5. The molecule has 5 nitrogen and oxygen atoms in total. The van der Waals surface area contributed by atoms with Gasteiger partial charge < -0.3 is 9.84 Å². The van der Waals surface area contributed by atoms with Gasteiger partial charge in [0.2, 0.25) is 0 Å². The Morgan fingerprint density at radius 3 is 2.62 bits per heavy atom. The monoisotopic (exact) mass is 291 g/mol. The lowest BCUT2D eigenvalue weighted by Crippen LogP contribution is -2.28. The fourth-order valence-corrected chi connectivity index (χ4v) is 2.41. The van der Waals surface area contributed by atoms with Crippen LogP contribution in [0, 0.1) is 0 Å². The van der Waals surface area contributed by atoms with Gasteiger partial charge >= 0.3 is 5.97 Å². The molecule has 0 aromatic heterocycles. The minimum atomic E-state index is -0.787. The summed E-state index contributed by atoms with van der Waals surface area (Å²) >= 11 is 0. The Bertz CT molecular complexity index is 537. The minimum Gasteiger partial charge on any atom is -0.496 e. The van der Waals surface area contributed by atoms with Gasteiger partial charge in [0.1, 0.15) is 5.75 Å². The van der Waals surface area contributed by atoms with E-state index in [9.17, 15) is 9.59 Å². The molecular formula is C16H21NO4. The number of ketones is 1. The number of Topliss-reactive ketones (excluding diaryl/α,β-unsaturated/α-hetero) is 1. The Kier molecular flexibility index (Phi) is 4.96. The van der Waals surface area contributed by atoms with Gasteiger partial charge in [-0.15, -0.1) is 0 Å². The third-order valence-electron chi connectivity index (χ3n) is 3.74. The summed E-state index contributed by atoms with van der Waals surface area (Å²) < 4.78 is 5.35. The van der Waals surface area contributed by atoms with Crippen LogP contribution in [0.5, 0.6) is 5.75 Å². The maximum Gasteiger partial charge on any atom is 0.304 e. The SMILES string of the molecule is COc1ccc(C(C)=O)cc1CN(CCC(=O)O)C1CC1. The number of hydrogen-bond acceptors (Lipinski definition) is 4. The Hall–Kier alpha value is -1.88. The van der Waals surface area contributed by atoms with E-state index in [4.69, 9.17) is 9.84 Å². The van der Waals surface area contributed by atoms with E-state index >= 15 is 0 Å². The van der Waals surface area contributed by atoms with Crippen LogP contribution in [0.2, 0.25) is 0 Å². The zero-order chi connectivity index (χ0) is 15.4. The Labute approximate surface area is 124 Å². The van der Waals surface area contributed by atoms with E-state index in [0.29, 0.717) is 24.7 Å². The van der Waals surface area contributed by atoms with Crippen molar-refractivity contribution in [3.8, 4) is 5.75 Å². The Balaban J connectivity index is 2.16. The number of methoxy groups -OCH3 is 1. The second-order valence-electron chi connectivity index (χ2n) is 5.43. The molecule has 0 aliphatic heterocycles. The van der Waals surface area contributed by atoms with Gasteiger partial charge in [-0.2, -0.15) is 0 Å². The molecular weight excluding hydrogens is 270 g/mol. The molecule has 5 heteroatoms. The van der Waals surface area contributed by atoms with Crippen molar-refractivity contribution in [2.24, 2.45) is 0 Å². The summed E-state index contributed by atoms with van der Waals surface area (Å²) in [5.74, 6) is -0.0338. The van der Waals surface area contributed by atoms with E-state index in [-0.39, 0.29) is 12.2 Å². The van der Waals surface area contributed by atoms with E-state index in [1.54, 1.807) is 19.2 Å². The molecule has 1 fully saturated rings. The number of aliphatic carboxylic acids is 1. The lowest BCUT2D eigenvalue weighted by Gasteiger charge is -2.22. The molecule has 2 rings (SSSR count). The molecule has 0 saturated heterocycles. The molecule has 0 radical (unpaired) electrons. The van der Waals surface area contributed by atoms with Crippen LogP contribution in [0.4, 0.5) is 0 Å². The molecule has 0 amide bonds. The van der Waals surface area contributed by atoms with Crippen LogP contribution < -0.4 is 4.74 Å². The standard InChI is InChI=1S/C16H21NO4/c1-11(18)12-3-6-15(21-2)13(9-12)10-17(14-4-5-14)8-7-16(19)20/h3,6,9,14H,4-5,7-8,10H2,1-2H3,(H,19,20). The van der Waals surface area contributed by atoms with Gasteiger partial charge in [0, 0.05) is 30.3 Å². The predicted molar refractivity (Wildman–Crippen MR) is 78.7 cm³/mol. The average Bonchev–Trinajstić information content (AvgIpc) is 3.27. The minimum absolute atomic E-state index is 0.0161.